The predicted molar refractivity (Wildman–Crippen MR) is 188 cm³/mol. The minimum Gasteiger partial charge on any atom is -0.462 e. The summed E-state index contributed by atoms with van der Waals surface area (Å²) >= 11 is 0. The molecule has 49 heavy (non-hydrogen) atoms. The highest BCUT2D eigenvalue weighted by molar-refractivity contribution is 5.80. The van der Waals surface area contributed by atoms with Gasteiger partial charge in [0.25, 0.3) is 5.91 Å². The molecule has 2 heterocycles. The van der Waals surface area contributed by atoms with E-state index in [1.165, 1.54) is 25.7 Å². The lowest BCUT2D eigenvalue weighted by Gasteiger charge is -2.58. The molecule has 1 amide bonds. The van der Waals surface area contributed by atoms with Gasteiger partial charge in [-0.2, -0.15) is 0 Å². The first kappa shape index (κ1) is 36.6. The van der Waals surface area contributed by atoms with Crippen molar-refractivity contribution in [2.45, 2.75) is 148 Å². The van der Waals surface area contributed by atoms with Gasteiger partial charge in [-0.1, -0.05) is 45.8 Å². The molecule has 9 N–H and O–H groups in total. The van der Waals surface area contributed by atoms with Gasteiger partial charge in [-0.3, -0.25) is 26.0 Å². The van der Waals surface area contributed by atoms with Crippen molar-refractivity contribution in [1.29, 1.82) is 0 Å². The molecule has 5 fully saturated rings. The number of nitrogens with one attached hydrogen (secondary N) is 2. The Hall–Kier alpha value is -2.17. The fraction of sp³-hybridized carbons (Fsp3) is 0.872. The number of allylic oxidation sites excluding steroid dienone is 1. The minimum absolute atomic E-state index is 0.00520. The van der Waals surface area contributed by atoms with Gasteiger partial charge < -0.3 is 25.3 Å². The Balaban J connectivity index is 0.932. The Labute approximate surface area is 294 Å². The highest BCUT2D eigenvalue weighted by Gasteiger charge is 2.68. The average molecular weight is 686 g/mol. The van der Waals surface area contributed by atoms with Gasteiger partial charge in [0.1, 0.15) is 6.10 Å². The fourth-order valence-corrected chi connectivity index (χ4v) is 11.6. The minimum atomic E-state index is -0.346. The van der Waals surface area contributed by atoms with Gasteiger partial charge in [0.15, 0.2) is 11.8 Å². The number of hydrogen-bond acceptors (Lipinski definition) is 5. The number of quaternary nitrogens is 1. The van der Waals surface area contributed by atoms with Gasteiger partial charge in [-0.15, -0.1) is 0 Å². The molecule has 0 radical (unpaired) electrons. The number of hydrogen-bond donors (Lipinski definition) is 5. The zero-order valence-corrected chi connectivity index (χ0v) is 30.9. The van der Waals surface area contributed by atoms with Crippen LogP contribution in [0.1, 0.15) is 124 Å². The molecule has 0 bridgehead atoms. The van der Waals surface area contributed by atoms with Crippen LogP contribution in [-0.4, -0.2) is 61.6 Å². The fourth-order valence-electron chi connectivity index (χ4n) is 11.6. The molecule has 2 saturated heterocycles. The lowest BCUT2D eigenvalue weighted by molar-refractivity contribution is -0.463. The second kappa shape index (κ2) is 14.8. The molecule has 0 unspecified atom stereocenters. The largest absolute Gasteiger partial charge is 0.462 e. The first-order chi connectivity index (χ1) is 23.4. The van der Waals surface area contributed by atoms with Crippen LogP contribution in [0.4, 0.5) is 0 Å². The number of rotatable bonds is 12. The Kier molecular flexibility index (Phi) is 11.1. The summed E-state index contributed by atoms with van der Waals surface area (Å²) in [6.07, 6.45) is 17.4. The van der Waals surface area contributed by atoms with E-state index in [1.54, 1.807) is 5.57 Å². The van der Waals surface area contributed by atoms with Gasteiger partial charge in [0.2, 0.25) is 0 Å². The molecule has 0 aromatic rings. The van der Waals surface area contributed by atoms with Crippen LogP contribution < -0.4 is 27.5 Å². The highest BCUT2D eigenvalue weighted by atomic mass is 16.7. The lowest BCUT2D eigenvalue weighted by atomic mass is 9.47. The maximum absolute atomic E-state index is 12.8. The number of carbonyl (C=O) groups is 2. The Morgan fingerprint density at radius 1 is 1.08 bits per heavy atom. The van der Waals surface area contributed by atoms with Crippen LogP contribution >= 0.6 is 0 Å². The molecular formula is C39H67N5O5+2. The SMILES string of the molecule is C[C@@H]1CC[C@@]2(OC1)O[C@H]1C[C@H]3[C@@H]4CC=C5C[C@@H](OC(=O)CCCCCNC(=O)[C@@H]([NH3+])CCC[NH+]=C(N)N)CC[C@]5(C)[C@H]4CC[C@]3(C)[C@H]1[C@@H]2C. The van der Waals surface area contributed by atoms with E-state index in [0.717, 1.165) is 70.3 Å². The molecular weight excluding hydrogens is 618 g/mol. The first-order valence-electron chi connectivity index (χ1n) is 19.8. The summed E-state index contributed by atoms with van der Waals surface area (Å²) in [5.74, 6) is 3.56. The summed E-state index contributed by atoms with van der Waals surface area (Å²) in [7, 11) is 0. The first-order valence-corrected chi connectivity index (χ1v) is 19.8. The number of esters is 1. The van der Waals surface area contributed by atoms with E-state index in [4.69, 9.17) is 25.7 Å². The molecule has 0 aromatic heterocycles. The van der Waals surface area contributed by atoms with E-state index < -0.39 is 0 Å². The van der Waals surface area contributed by atoms with Crippen LogP contribution in [-0.2, 0) is 23.8 Å². The summed E-state index contributed by atoms with van der Waals surface area (Å²) in [4.78, 5) is 28.0. The molecule has 12 atom stereocenters. The molecule has 0 aromatic carbocycles. The van der Waals surface area contributed by atoms with Crippen LogP contribution in [0.3, 0.4) is 0 Å². The molecule has 2 aliphatic heterocycles. The molecule has 10 nitrogen and oxygen atoms in total. The Morgan fingerprint density at radius 2 is 1.90 bits per heavy atom. The van der Waals surface area contributed by atoms with E-state index >= 15 is 0 Å². The molecule has 276 valence electrons. The van der Waals surface area contributed by atoms with Crippen LogP contribution in [0.25, 0.3) is 0 Å². The number of unbranched alkanes of at least 4 members (excludes halogenated alkanes) is 2. The standard InChI is InChI=1S/C39H65N5O5/c1-24-13-18-39(47-23-24)25(2)34-32(49-39)22-30-28-12-11-26-21-27(14-16-37(26,3)29(28)15-17-38(30,34)4)48-33(45)10-6-5-7-19-43-35(46)31(40)9-8-20-44-36(41)42/h11,24-25,27-32,34H,5-10,12-23,40H2,1-4H3,(H,43,46)(H4,41,42,44)/p+2/t24-,25+,27+,28-,29+,30+,31+,32+,34+,37+,38+,39-/m1/s1. The summed E-state index contributed by atoms with van der Waals surface area (Å²) in [5, 5.41) is 2.97. The smallest absolute Gasteiger partial charge is 0.338 e. The van der Waals surface area contributed by atoms with Crippen LogP contribution in [0.5, 0.6) is 0 Å². The van der Waals surface area contributed by atoms with Crippen molar-refractivity contribution < 1.29 is 34.5 Å². The third kappa shape index (κ3) is 7.30. The van der Waals surface area contributed by atoms with Gasteiger partial charge in [0.05, 0.1) is 19.3 Å². The number of carbonyl (C=O) groups excluding carboxylic acids is 2. The third-order valence-corrected chi connectivity index (χ3v) is 14.4. The third-order valence-electron chi connectivity index (χ3n) is 14.4. The Morgan fingerprint density at radius 3 is 2.65 bits per heavy atom. The van der Waals surface area contributed by atoms with E-state index in [2.05, 4.69) is 49.8 Å². The van der Waals surface area contributed by atoms with Crippen LogP contribution in [0.2, 0.25) is 0 Å². The molecule has 3 saturated carbocycles. The van der Waals surface area contributed by atoms with Crippen LogP contribution in [0.15, 0.2) is 11.6 Å². The van der Waals surface area contributed by atoms with Crippen molar-refractivity contribution in [2.24, 2.45) is 57.8 Å². The van der Waals surface area contributed by atoms with Gasteiger partial charge >= 0.3 is 11.9 Å². The quantitative estimate of drug-likeness (QED) is 0.0692. The van der Waals surface area contributed by atoms with E-state index in [9.17, 15) is 9.59 Å². The molecule has 4 aliphatic carbocycles. The zero-order valence-electron chi connectivity index (χ0n) is 30.9. The van der Waals surface area contributed by atoms with Gasteiger partial charge in [-0.05, 0) is 105 Å². The van der Waals surface area contributed by atoms with Crippen molar-refractivity contribution in [3.05, 3.63) is 11.6 Å². The van der Waals surface area contributed by atoms with Crippen LogP contribution in [0, 0.1) is 46.3 Å². The van der Waals surface area contributed by atoms with E-state index in [1.807, 2.05) is 0 Å². The van der Waals surface area contributed by atoms with Crippen molar-refractivity contribution in [3.63, 3.8) is 0 Å². The molecule has 6 aliphatic rings. The van der Waals surface area contributed by atoms with E-state index in [0.29, 0.717) is 67.0 Å². The van der Waals surface area contributed by atoms with Crippen molar-refractivity contribution in [1.82, 2.24) is 5.32 Å². The molecule has 10 heteroatoms. The summed E-state index contributed by atoms with van der Waals surface area (Å²) in [5.41, 5.74) is 16.8. The summed E-state index contributed by atoms with van der Waals surface area (Å²) in [6.45, 7) is 11.9. The van der Waals surface area contributed by atoms with Crippen molar-refractivity contribution in [3.8, 4) is 0 Å². The van der Waals surface area contributed by atoms with E-state index in [-0.39, 0.29) is 41.2 Å². The Bertz CT molecular complexity index is 1260. The topological polar surface area (TPSA) is 168 Å². The van der Waals surface area contributed by atoms with Gasteiger partial charge in [-0.25, -0.2) is 0 Å². The second-order valence-corrected chi connectivity index (χ2v) is 17.5. The second-order valence-electron chi connectivity index (χ2n) is 17.5. The monoisotopic (exact) mass is 686 g/mol. The predicted octanol–water partition coefficient (Wildman–Crippen LogP) is 2.69. The van der Waals surface area contributed by atoms with Crippen molar-refractivity contribution >= 4 is 17.8 Å². The number of nitrogens with two attached hydrogens (primary N) is 2. The number of fused-ring (bicyclic) bond motifs is 7. The summed E-state index contributed by atoms with van der Waals surface area (Å²) in [6, 6.07) is -0.300. The summed E-state index contributed by atoms with van der Waals surface area (Å²) < 4.78 is 19.5. The number of amides is 1. The average Bonchev–Trinajstić information content (AvgIpc) is 3.51. The highest BCUT2D eigenvalue weighted by Crippen LogP contribution is 2.70. The maximum Gasteiger partial charge on any atom is 0.338 e. The van der Waals surface area contributed by atoms with Crippen molar-refractivity contribution in [2.75, 3.05) is 19.7 Å². The number of guanidine groups is 1. The maximum atomic E-state index is 12.8. The lowest BCUT2D eigenvalue weighted by Crippen LogP contribution is -2.78. The normalized spacial score (nSPS) is 41.4. The zero-order chi connectivity index (χ0) is 35.0. The number of ether oxygens (including phenoxy) is 3. The molecule has 1 spiro atoms. The molecule has 6 rings (SSSR count). The van der Waals surface area contributed by atoms with Gasteiger partial charge in [0, 0.05) is 38.1 Å².